The number of hydrogen-bond acceptors (Lipinski definition) is 7. The number of aromatic amines is 2. The fourth-order valence-corrected chi connectivity index (χ4v) is 4.38. The van der Waals surface area contributed by atoms with Crippen molar-refractivity contribution in [2.45, 2.75) is 6.42 Å². The number of benzene rings is 2. The van der Waals surface area contributed by atoms with Crippen molar-refractivity contribution in [2.75, 3.05) is 22.6 Å². The van der Waals surface area contributed by atoms with Gasteiger partial charge >= 0.3 is 0 Å². The predicted molar refractivity (Wildman–Crippen MR) is 136 cm³/mol. The Labute approximate surface area is 205 Å². The lowest BCUT2D eigenvalue weighted by Crippen LogP contribution is -2.16. The molecule has 12 heteroatoms. The lowest BCUT2D eigenvalue weighted by atomic mass is 10.1. The first kappa shape index (κ1) is 23.2. The number of carbonyl (C=O) groups is 2. The number of nitrogens with zero attached hydrogens (tertiary/aromatic N) is 3. The zero-order valence-electron chi connectivity index (χ0n) is 19.1. The molecule has 5 rings (SSSR count). The Balaban J connectivity index is 1.43. The molecule has 0 radical (unpaired) electrons. The van der Waals surface area contributed by atoms with Crippen molar-refractivity contribution in [1.82, 2.24) is 24.9 Å². The minimum Gasteiger partial charge on any atom is -0.331 e. The second-order valence-corrected chi connectivity index (χ2v) is 10.4. The van der Waals surface area contributed by atoms with E-state index in [4.69, 9.17) is 0 Å². The molecule has 0 aliphatic heterocycles. The van der Waals surface area contributed by atoms with Gasteiger partial charge in [0, 0.05) is 30.5 Å². The molecule has 0 spiro atoms. The number of rotatable bonds is 7. The molecule has 0 atom stereocenters. The topological polar surface area (TPSA) is 163 Å². The molecule has 3 aromatic heterocycles. The predicted octanol–water partition coefficient (Wildman–Crippen LogP) is 2.93. The summed E-state index contributed by atoms with van der Waals surface area (Å²) in [6.45, 7) is 0. The maximum atomic E-state index is 13.1. The van der Waals surface area contributed by atoms with Crippen LogP contribution in [0.2, 0.25) is 0 Å². The minimum absolute atomic E-state index is 0.0819. The molecule has 3 heterocycles. The van der Waals surface area contributed by atoms with Gasteiger partial charge in [0.25, 0.3) is 11.8 Å². The number of pyridine rings is 1. The lowest BCUT2D eigenvalue weighted by Gasteiger charge is -2.09. The number of H-pyrrole nitrogens is 2. The highest BCUT2D eigenvalue weighted by atomic mass is 32.2. The Morgan fingerprint density at radius 2 is 1.78 bits per heavy atom. The van der Waals surface area contributed by atoms with Gasteiger partial charge in [-0.2, -0.15) is 0 Å². The van der Waals surface area contributed by atoms with Crippen molar-refractivity contribution in [3.05, 3.63) is 77.9 Å². The first-order chi connectivity index (χ1) is 17.3. The fourth-order valence-electron chi connectivity index (χ4n) is 3.81. The third-order valence-corrected chi connectivity index (χ3v) is 6.43. The molecule has 5 aromatic rings. The molecular formula is C24H21N7O4S. The average Bonchev–Trinajstić information content (AvgIpc) is 3.50. The Hall–Kier alpha value is -4.58. The van der Waals surface area contributed by atoms with Crippen molar-refractivity contribution in [3.8, 4) is 0 Å². The maximum Gasteiger partial charge on any atom is 0.276 e. The van der Waals surface area contributed by atoms with E-state index in [-0.39, 0.29) is 23.8 Å². The zero-order chi connectivity index (χ0) is 25.3. The van der Waals surface area contributed by atoms with Crippen LogP contribution in [0.4, 0.5) is 11.9 Å². The molecule has 0 aliphatic carbocycles. The summed E-state index contributed by atoms with van der Waals surface area (Å²) in [4.78, 5) is 44.4. The summed E-state index contributed by atoms with van der Waals surface area (Å²) >= 11 is 0. The quantitative estimate of drug-likeness (QED) is 0.265. The van der Waals surface area contributed by atoms with Crippen LogP contribution in [0.25, 0.3) is 21.8 Å². The third-order valence-electron chi connectivity index (χ3n) is 5.48. The number of nitrogens with one attached hydrogen (secondary N) is 4. The highest BCUT2D eigenvalue weighted by molar-refractivity contribution is 7.90. The number of sulfone groups is 1. The molecule has 0 bridgehead atoms. The highest BCUT2D eigenvalue weighted by Crippen LogP contribution is 2.22. The van der Waals surface area contributed by atoms with Crippen LogP contribution >= 0.6 is 0 Å². The number of aromatic nitrogens is 5. The largest absolute Gasteiger partial charge is 0.331 e. The first-order valence-corrected chi connectivity index (χ1v) is 13.0. The third kappa shape index (κ3) is 4.93. The minimum atomic E-state index is -3.21. The van der Waals surface area contributed by atoms with Crippen LogP contribution in [-0.4, -0.2) is 57.2 Å². The number of amides is 2. The molecule has 0 saturated carbocycles. The Bertz CT molecular complexity index is 1710. The lowest BCUT2D eigenvalue weighted by molar-refractivity contribution is 0.101. The summed E-state index contributed by atoms with van der Waals surface area (Å²) in [6, 6.07) is 14.0. The van der Waals surface area contributed by atoms with Crippen molar-refractivity contribution in [1.29, 1.82) is 0 Å². The number of aryl methyl sites for hydroxylation is 1. The molecule has 0 fully saturated rings. The molecule has 0 saturated heterocycles. The molecule has 2 aromatic carbocycles. The van der Waals surface area contributed by atoms with Gasteiger partial charge in [0.1, 0.15) is 21.0 Å². The number of anilines is 2. The summed E-state index contributed by atoms with van der Waals surface area (Å²) in [5.41, 5.74) is 1.86. The summed E-state index contributed by atoms with van der Waals surface area (Å²) in [5.74, 6) is -0.578. The van der Waals surface area contributed by atoms with Crippen LogP contribution in [0.1, 0.15) is 26.5 Å². The summed E-state index contributed by atoms with van der Waals surface area (Å²) in [6.07, 6.45) is 4.45. The van der Waals surface area contributed by atoms with Gasteiger partial charge in [-0.15, -0.1) is 0 Å². The van der Waals surface area contributed by atoms with Gasteiger partial charge in [0.05, 0.1) is 22.5 Å². The van der Waals surface area contributed by atoms with Crippen LogP contribution in [0.3, 0.4) is 0 Å². The molecule has 0 unspecified atom stereocenters. The number of fused-ring (bicyclic) bond motifs is 2. The first-order valence-electron chi connectivity index (χ1n) is 10.9. The fraction of sp³-hybridized carbons (Fsp3) is 0.125. The normalized spacial score (nSPS) is 11.6. The van der Waals surface area contributed by atoms with Crippen molar-refractivity contribution in [3.63, 3.8) is 0 Å². The van der Waals surface area contributed by atoms with E-state index in [2.05, 4.69) is 35.6 Å². The molecule has 2 amide bonds. The number of hydrogen-bond donors (Lipinski definition) is 4. The van der Waals surface area contributed by atoms with Crippen molar-refractivity contribution >= 4 is 55.4 Å². The standard InChI is InChI=1S/C24H21N7O4S/c1-36(34,35)12-9-17-15-6-3-2-5-14(15)13-19(27-17)22(33)31-24-28-18-8-4-7-16(20(18)29-24)21(32)30-23-25-10-11-26-23/h2-8,10-11,13H,9,12H2,1H3,(H2,25,26,30,32)(H2,28,29,31,33). The van der Waals surface area contributed by atoms with Crippen LogP contribution in [0, 0.1) is 0 Å². The second-order valence-electron chi connectivity index (χ2n) is 8.19. The Kier molecular flexibility index (Phi) is 5.94. The zero-order valence-corrected chi connectivity index (χ0v) is 19.9. The molecule has 11 nitrogen and oxygen atoms in total. The SMILES string of the molecule is CS(=O)(=O)CCc1nc(C(=O)Nc2nc3c(C(=O)Nc4ncc[nH]4)cccc3[nH]2)cc2ccccc12. The molecule has 36 heavy (non-hydrogen) atoms. The van der Waals surface area contributed by atoms with E-state index in [0.717, 1.165) is 17.0 Å². The van der Waals surface area contributed by atoms with Gasteiger partial charge in [-0.25, -0.2) is 23.4 Å². The van der Waals surface area contributed by atoms with E-state index < -0.39 is 21.7 Å². The maximum absolute atomic E-state index is 13.1. The van der Waals surface area contributed by atoms with Gasteiger partial charge in [-0.1, -0.05) is 30.3 Å². The van der Waals surface area contributed by atoms with Gasteiger partial charge in [-0.3, -0.25) is 20.2 Å². The van der Waals surface area contributed by atoms with Crippen molar-refractivity contribution < 1.29 is 18.0 Å². The van der Waals surface area contributed by atoms with E-state index in [9.17, 15) is 18.0 Å². The van der Waals surface area contributed by atoms with E-state index >= 15 is 0 Å². The van der Waals surface area contributed by atoms with Gasteiger partial charge < -0.3 is 9.97 Å². The van der Waals surface area contributed by atoms with Gasteiger partial charge in [0.15, 0.2) is 0 Å². The summed E-state index contributed by atoms with van der Waals surface area (Å²) in [7, 11) is -3.21. The molecular weight excluding hydrogens is 482 g/mol. The second kappa shape index (κ2) is 9.23. The Morgan fingerprint density at radius 1 is 0.972 bits per heavy atom. The average molecular weight is 504 g/mol. The van der Waals surface area contributed by atoms with Crippen LogP contribution < -0.4 is 10.6 Å². The van der Waals surface area contributed by atoms with E-state index in [1.54, 1.807) is 30.5 Å². The van der Waals surface area contributed by atoms with Crippen molar-refractivity contribution in [2.24, 2.45) is 0 Å². The number of carbonyl (C=O) groups excluding carboxylic acids is 2. The number of imidazole rings is 2. The van der Waals surface area contributed by atoms with Crippen LogP contribution in [-0.2, 0) is 16.3 Å². The number of para-hydroxylation sites is 1. The highest BCUT2D eigenvalue weighted by Gasteiger charge is 2.18. The molecule has 4 N–H and O–H groups in total. The Morgan fingerprint density at radius 3 is 2.56 bits per heavy atom. The smallest absolute Gasteiger partial charge is 0.276 e. The van der Waals surface area contributed by atoms with E-state index in [1.807, 2.05) is 24.3 Å². The van der Waals surface area contributed by atoms with Gasteiger partial charge in [-0.05, 0) is 23.6 Å². The van der Waals surface area contributed by atoms with Gasteiger partial charge in [0.2, 0.25) is 11.9 Å². The van der Waals surface area contributed by atoms with Crippen LogP contribution in [0.15, 0.2) is 60.9 Å². The molecule has 182 valence electrons. The van der Waals surface area contributed by atoms with E-state index in [0.29, 0.717) is 28.2 Å². The molecule has 0 aliphatic rings. The summed E-state index contributed by atoms with van der Waals surface area (Å²) in [5, 5.41) is 6.89. The summed E-state index contributed by atoms with van der Waals surface area (Å²) < 4.78 is 23.4. The van der Waals surface area contributed by atoms with E-state index in [1.165, 1.54) is 6.20 Å². The monoisotopic (exact) mass is 503 g/mol. The van der Waals surface area contributed by atoms with Crippen LogP contribution in [0.5, 0.6) is 0 Å².